The fourth-order valence-corrected chi connectivity index (χ4v) is 2.57. The number of carbonyl (C=O) groups is 1. The standard InChI is InChI=1S/C20H26N2O3/c1-3-14-22(15-11-17-8-6-7-13-21-17)20(23)12-16-25-19-10-5-4-9-18(19)24-2/h4-10,13H,3,11-12,14-16H2,1-2H3. The average Bonchev–Trinajstić information content (AvgIpc) is 2.66. The summed E-state index contributed by atoms with van der Waals surface area (Å²) in [6.45, 7) is 3.84. The van der Waals surface area contributed by atoms with Crippen molar-refractivity contribution in [3.8, 4) is 11.5 Å². The fourth-order valence-electron chi connectivity index (χ4n) is 2.57. The lowest BCUT2D eigenvalue weighted by Gasteiger charge is -2.22. The zero-order valence-corrected chi connectivity index (χ0v) is 15.0. The number of ether oxygens (including phenoxy) is 2. The molecular weight excluding hydrogens is 316 g/mol. The van der Waals surface area contributed by atoms with Gasteiger partial charge in [-0.1, -0.05) is 25.1 Å². The number of aromatic nitrogens is 1. The summed E-state index contributed by atoms with van der Waals surface area (Å²) in [5, 5.41) is 0. The van der Waals surface area contributed by atoms with E-state index in [1.165, 1.54) is 0 Å². The minimum absolute atomic E-state index is 0.104. The molecule has 0 N–H and O–H groups in total. The fraction of sp³-hybridized carbons (Fsp3) is 0.400. The number of hydrogen-bond acceptors (Lipinski definition) is 4. The van der Waals surface area contributed by atoms with E-state index in [9.17, 15) is 4.79 Å². The van der Waals surface area contributed by atoms with Crippen molar-refractivity contribution in [2.75, 3.05) is 26.8 Å². The molecule has 0 radical (unpaired) electrons. The van der Waals surface area contributed by atoms with E-state index in [4.69, 9.17) is 9.47 Å². The zero-order valence-electron chi connectivity index (χ0n) is 15.0. The molecule has 5 heteroatoms. The van der Waals surface area contributed by atoms with Crippen molar-refractivity contribution >= 4 is 5.91 Å². The third kappa shape index (κ3) is 6.10. The molecule has 134 valence electrons. The van der Waals surface area contributed by atoms with E-state index in [1.807, 2.05) is 47.4 Å². The van der Waals surface area contributed by atoms with E-state index >= 15 is 0 Å². The first kappa shape index (κ1) is 18.8. The number of carbonyl (C=O) groups excluding carboxylic acids is 1. The van der Waals surface area contributed by atoms with Crippen LogP contribution in [-0.4, -0.2) is 42.6 Å². The Morgan fingerprint density at radius 1 is 1.08 bits per heavy atom. The summed E-state index contributed by atoms with van der Waals surface area (Å²) in [6.07, 6.45) is 3.82. The smallest absolute Gasteiger partial charge is 0.226 e. The highest BCUT2D eigenvalue weighted by Crippen LogP contribution is 2.25. The first-order chi connectivity index (χ1) is 12.2. The highest BCUT2D eigenvalue weighted by molar-refractivity contribution is 5.76. The lowest BCUT2D eigenvalue weighted by Crippen LogP contribution is -2.34. The molecule has 0 spiro atoms. The Kier molecular flexibility index (Phi) is 7.76. The Hall–Kier alpha value is -2.56. The van der Waals surface area contributed by atoms with Gasteiger partial charge in [0.25, 0.3) is 0 Å². The second-order valence-electron chi connectivity index (χ2n) is 5.70. The molecule has 0 saturated heterocycles. The number of benzene rings is 1. The molecule has 0 unspecified atom stereocenters. The summed E-state index contributed by atoms with van der Waals surface area (Å²) in [7, 11) is 1.61. The molecule has 0 fully saturated rings. The summed E-state index contributed by atoms with van der Waals surface area (Å²) < 4.78 is 11.0. The number of methoxy groups -OCH3 is 1. The molecule has 0 aliphatic carbocycles. The molecule has 1 aromatic carbocycles. The van der Waals surface area contributed by atoms with Gasteiger partial charge in [0.2, 0.25) is 5.91 Å². The number of pyridine rings is 1. The molecule has 5 nitrogen and oxygen atoms in total. The lowest BCUT2D eigenvalue weighted by molar-refractivity contribution is -0.131. The van der Waals surface area contributed by atoms with Crippen LogP contribution < -0.4 is 9.47 Å². The van der Waals surface area contributed by atoms with Crippen LogP contribution in [0.3, 0.4) is 0 Å². The molecular formula is C20H26N2O3. The second kappa shape index (κ2) is 10.3. The molecule has 2 rings (SSSR count). The van der Waals surface area contributed by atoms with E-state index in [-0.39, 0.29) is 5.91 Å². The Morgan fingerprint density at radius 3 is 2.52 bits per heavy atom. The number of hydrogen-bond donors (Lipinski definition) is 0. The molecule has 1 heterocycles. The average molecular weight is 342 g/mol. The van der Waals surface area contributed by atoms with Gasteiger partial charge in [0.1, 0.15) is 0 Å². The third-order valence-electron chi connectivity index (χ3n) is 3.85. The van der Waals surface area contributed by atoms with Crippen molar-refractivity contribution in [3.05, 3.63) is 54.4 Å². The number of nitrogens with zero attached hydrogens (tertiary/aromatic N) is 2. The van der Waals surface area contributed by atoms with E-state index < -0.39 is 0 Å². The number of amides is 1. The minimum atomic E-state index is 0.104. The van der Waals surface area contributed by atoms with Gasteiger partial charge < -0.3 is 14.4 Å². The second-order valence-corrected chi connectivity index (χ2v) is 5.70. The topological polar surface area (TPSA) is 51.7 Å². The summed E-state index contributed by atoms with van der Waals surface area (Å²) in [4.78, 5) is 18.7. The van der Waals surface area contributed by atoms with Crippen molar-refractivity contribution in [1.82, 2.24) is 9.88 Å². The van der Waals surface area contributed by atoms with Crippen LogP contribution in [0, 0.1) is 0 Å². The van der Waals surface area contributed by atoms with Gasteiger partial charge in [-0.3, -0.25) is 9.78 Å². The predicted molar refractivity (Wildman–Crippen MR) is 97.9 cm³/mol. The third-order valence-corrected chi connectivity index (χ3v) is 3.85. The van der Waals surface area contributed by atoms with E-state index in [0.29, 0.717) is 31.1 Å². The normalized spacial score (nSPS) is 10.3. The van der Waals surface area contributed by atoms with Gasteiger partial charge in [0.05, 0.1) is 20.1 Å². The van der Waals surface area contributed by atoms with Crippen LogP contribution in [0.15, 0.2) is 48.7 Å². The first-order valence-electron chi connectivity index (χ1n) is 8.68. The van der Waals surface area contributed by atoms with Crippen LogP contribution in [0.25, 0.3) is 0 Å². The van der Waals surface area contributed by atoms with Crippen LogP contribution in [-0.2, 0) is 11.2 Å². The van der Waals surface area contributed by atoms with Crippen LogP contribution in [0.5, 0.6) is 11.5 Å². The van der Waals surface area contributed by atoms with Crippen molar-refractivity contribution in [2.24, 2.45) is 0 Å². The Bertz CT molecular complexity index is 646. The highest BCUT2D eigenvalue weighted by atomic mass is 16.5. The van der Waals surface area contributed by atoms with Crippen LogP contribution in [0.2, 0.25) is 0 Å². The van der Waals surface area contributed by atoms with Gasteiger partial charge in [0, 0.05) is 31.4 Å². The maximum Gasteiger partial charge on any atom is 0.226 e. The zero-order chi connectivity index (χ0) is 17.9. The summed E-state index contributed by atoms with van der Waals surface area (Å²) in [6, 6.07) is 13.3. The van der Waals surface area contributed by atoms with E-state index in [0.717, 1.165) is 25.1 Å². The highest BCUT2D eigenvalue weighted by Gasteiger charge is 2.13. The van der Waals surface area contributed by atoms with Gasteiger partial charge in [0.15, 0.2) is 11.5 Å². The molecule has 2 aromatic rings. The maximum absolute atomic E-state index is 12.5. The van der Waals surface area contributed by atoms with Crippen LogP contribution >= 0.6 is 0 Å². The van der Waals surface area contributed by atoms with Crippen molar-refractivity contribution in [1.29, 1.82) is 0 Å². The maximum atomic E-state index is 12.5. The summed E-state index contributed by atoms with van der Waals surface area (Å²) in [5.41, 5.74) is 1.00. The van der Waals surface area contributed by atoms with Crippen molar-refractivity contribution in [3.63, 3.8) is 0 Å². The Labute approximate surface area is 149 Å². The van der Waals surface area contributed by atoms with Gasteiger partial charge in [-0.2, -0.15) is 0 Å². The van der Waals surface area contributed by atoms with E-state index in [1.54, 1.807) is 13.3 Å². The van der Waals surface area contributed by atoms with Crippen LogP contribution in [0.4, 0.5) is 0 Å². The molecule has 0 bridgehead atoms. The molecule has 1 amide bonds. The lowest BCUT2D eigenvalue weighted by atomic mass is 10.2. The quantitative estimate of drug-likeness (QED) is 0.664. The molecule has 0 saturated carbocycles. The molecule has 0 aliphatic heterocycles. The van der Waals surface area contributed by atoms with E-state index in [2.05, 4.69) is 11.9 Å². The Balaban J connectivity index is 1.83. The van der Waals surface area contributed by atoms with Crippen molar-refractivity contribution < 1.29 is 14.3 Å². The predicted octanol–water partition coefficient (Wildman–Crippen LogP) is 3.34. The van der Waals surface area contributed by atoms with Crippen molar-refractivity contribution in [2.45, 2.75) is 26.2 Å². The largest absolute Gasteiger partial charge is 0.493 e. The first-order valence-corrected chi connectivity index (χ1v) is 8.68. The summed E-state index contributed by atoms with van der Waals surface area (Å²) in [5.74, 6) is 1.44. The van der Waals surface area contributed by atoms with Gasteiger partial charge in [-0.15, -0.1) is 0 Å². The van der Waals surface area contributed by atoms with Gasteiger partial charge in [-0.05, 0) is 30.7 Å². The van der Waals surface area contributed by atoms with Crippen LogP contribution in [0.1, 0.15) is 25.5 Å². The molecule has 25 heavy (non-hydrogen) atoms. The van der Waals surface area contributed by atoms with Gasteiger partial charge in [-0.25, -0.2) is 0 Å². The molecule has 0 atom stereocenters. The number of rotatable bonds is 10. The SMILES string of the molecule is CCCN(CCc1ccccn1)C(=O)CCOc1ccccc1OC. The molecule has 0 aliphatic rings. The minimum Gasteiger partial charge on any atom is -0.493 e. The summed E-state index contributed by atoms with van der Waals surface area (Å²) >= 11 is 0. The monoisotopic (exact) mass is 342 g/mol. The molecule has 1 aromatic heterocycles. The van der Waals surface area contributed by atoms with Gasteiger partial charge >= 0.3 is 0 Å². The number of para-hydroxylation sites is 2. The Morgan fingerprint density at radius 2 is 1.84 bits per heavy atom.